The summed E-state index contributed by atoms with van der Waals surface area (Å²) in [5.74, 6) is 0.108. The molecular weight excluding hydrogens is 358 g/mol. The van der Waals surface area contributed by atoms with Gasteiger partial charge in [-0.1, -0.05) is 30.3 Å². The van der Waals surface area contributed by atoms with Gasteiger partial charge in [0.15, 0.2) is 5.75 Å². The first kappa shape index (κ1) is 18.2. The molecule has 0 amide bonds. The highest BCUT2D eigenvalue weighted by atomic mass is 19.1. The molecule has 0 N–H and O–H groups in total. The van der Waals surface area contributed by atoms with Gasteiger partial charge in [-0.05, 0) is 43.2 Å². The molecule has 0 bridgehead atoms. The van der Waals surface area contributed by atoms with Gasteiger partial charge < -0.3 is 9.30 Å². The quantitative estimate of drug-likeness (QED) is 0.455. The monoisotopic (exact) mass is 378 g/mol. The third-order valence-corrected chi connectivity index (χ3v) is 5.10. The zero-order chi connectivity index (χ0) is 19.7. The topological polar surface area (TPSA) is 27.1 Å². The van der Waals surface area contributed by atoms with Crippen molar-refractivity contribution < 1.29 is 13.5 Å². The van der Waals surface area contributed by atoms with Gasteiger partial charge in [-0.3, -0.25) is 4.98 Å². The van der Waals surface area contributed by atoms with E-state index < -0.39 is 0 Å². The number of hydrogen-bond donors (Lipinski definition) is 0. The fourth-order valence-corrected chi connectivity index (χ4v) is 3.39. The SMILES string of the molecule is Cc1c(C)n(Cc2ccccc2F)c2c(OCc3ccc(F)cc3)cncc12. The fraction of sp³-hybridized carbons (Fsp3) is 0.174. The second kappa shape index (κ2) is 7.43. The summed E-state index contributed by atoms with van der Waals surface area (Å²) in [5.41, 5.74) is 4.49. The first-order valence-corrected chi connectivity index (χ1v) is 9.08. The van der Waals surface area contributed by atoms with Crippen molar-refractivity contribution in [2.75, 3.05) is 0 Å². The predicted octanol–water partition coefficient (Wildman–Crippen LogP) is 5.56. The smallest absolute Gasteiger partial charge is 0.162 e. The second-order valence-electron chi connectivity index (χ2n) is 6.84. The minimum atomic E-state index is -0.280. The zero-order valence-electron chi connectivity index (χ0n) is 15.7. The molecular formula is C23H20F2N2O. The summed E-state index contributed by atoms with van der Waals surface area (Å²) < 4.78 is 35.4. The van der Waals surface area contributed by atoms with Crippen LogP contribution in [0, 0.1) is 25.5 Å². The van der Waals surface area contributed by atoms with Crippen LogP contribution in [0.2, 0.25) is 0 Å². The Morgan fingerprint density at radius 2 is 1.71 bits per heavy atom. The van der Waals surface area contributed by atoms with Gasteiger partial charge in [-0.2, -0.15) is 0 Å². The van der Waals surface area contributed by atoms with Crippen LogP contribution in [0.3, 0.4) is 0 Å². The lowest BCUT2D eigenvalue weighted by Gasteiger charge is -2.13. The van der Waals surface area contributed by atoms with E-state index in [0.717, 1.165) is 27.7 Å². The molecule has 4 aromatic rings. The maximum atomic E-state index is 14.2. The standard InChI is InChI=1S/C23H20F2N2O/c1-15-16(2)27(13-18-5-3-4-6-21(18)25)23-20(15)11-26-12-22(23)28-14-17-7-9-19(24)10-8-17/h3-12H,13-14H2,1-2H3. The maximum absolute atomic E-state index is 14.2. The number of nitrogens with zero attached hydrogens (tertiary/aromatic N) is 2. The Morgan fingerprint density at radius 1 is 0.964 bits per heavy atom. The largest absolute Gasteiger partial charge is 0.485 e. The van der Waals surface area contributed by atoms with Crippen molar-refractivity contribution in [1.29, 1.82) is 0 Å². The van der Waals surface area contributed by atoms with Gasteiger partial charge in [0.25, 0.3) is 0 Å². The highest BCUT2D eigenvalue weighted by Crippen LogP contribution is 2.32. The Bertz CT molecular complexity index is 1130. The molecule has 2 aromatic carbocycles. The number of halogens is 2. The lowest BCUT2D eigenvalue weighted by atomic mass is 10.2. The molecule has 0 fully saturated rings. The molecule has 2 aromatic heterocycles. The highest BCUT2D eigenvalue weighted by molar-refractivity contribution is 5.89. The van der Waals surface area contributed by atoms with Gasteiger partial charge in [0, 0.05) is 22.8 Å². The summed E-state index contributed by atoms with van der Waals surface area (Å²) in [7, 11) is 0. The molecule has 0 unspecified atom stereocenters. The fourth-order valence-electron chi connectivity index (χ4n) is 3.39. The van der Waals surface area contributed by atoms with Gasteiger partial charge in [0.05, 0.1) is 18.3 Å². The highest BCUT2D eigenvalue weighted by Gasteiger charge is 2.17. The molecule has 5 heteroatoms. The van der Waals surface area contributed by atoms with Crippen LogP contribution in [0.5, 0.6) is 5.75 Å². The van der Waals surface area contributed by atoms with Crippen molar-refractivity contribution in [3.05, 3.63) is 94.9 Å². The molecule has 0 aliphatic heterocycles. The number of hydrogen-bond acceptors (Lipinski definition) is 2. The van der Waals surface area contributed by atoms with Crippen molar-refractivity contribution in [2.24, 2.45) is 0 Å². The zero-order valence-corrected chi connectivity index (χ0v) is 15.7. The number of ether oxygens (including phenoxy) is 1. The van der Waals surface area contributed by atoms with Crippen LogP contribution in [0.4, 0.5) is 8.78 Å². The molecule has 0 atom stereocenters. The van der Waals surface area contributed by atoms with E-state index in [9.17, 15) is 8.78 Å². The van der Waals surface area contributed by atoms with Crippen molar-refractivity contribution in [1.82, 2.24) is 9.55 Å². The normalized spacial score (nSPS) is 11.1. The lowest BCUT2D eigenvalue weighted by Crippen LogP contribution is -2.05. The van der Waals surface area contributed by atoms with Crippen LogP contribution in [0.15, 0.2) is 60.9 Å². The van der Waals surface area contributed by atoms with E-state index in [1.807, 2.05) is 19.9 Å². The van der Waals surface area contributed by atoms with Crippen molar-refractivity contribution in [3.8, 4) is 5.75 Å². The number of aryl methyl sites for hydroxylation is 1. The van der Waals surface area contributed by atoms with Crippen molar-refractivity contribution in [2.45, 2.75) is 27.0 Å². The van der Waals surface area contributed by atoms with Crippen LogP contribution in [-0.2, 0) is 13.2 Å². The van der Waals surface area contributed by atoms with Crippen molar-refractivity contribution in [3.63, 3.8) is 0 Å². The Kier molecular flexibility index (Phi) is 4.82. The van der Waals surface area contributed by atoms with E-state index in [1.54, 1.807) is 36.7 Å². The first-order chi connectivity index (χ1) is 13.5. The molecule has 0 radical (unpaired) electrons. The number of benzene rings is 2. The molecule has 142 valence electrons. The number of aromatic nitrogens is 2. The van der Waals surface area contributed by atoms with E-state index in [0.29, 0.717) is 24.5 Å². The third kappa shape index (κ3) is 3.36. The van der Waals surface area contributed by atoms with Gasteiger partial charge in [0.2, 0.25) is 0 Å². The molecule has 4 rings (SSSR count). The van der Waals surface area contributed by atoms with Crippen LogP contribution >= 0.6 is 0 Å². The predicted molar refractivity (Wildman–Crippen MR) is 105 cm³/mol. The van der Waals surface area contributed by atoms with E-state index in [4.69, 9.17) is 4.74 Å². The molecule has 0 aliphatic rings. The maximum Gasteiger partial charge on any atom is 0.162 e. The van der Waals surface area contributed by atoms with E-state index >= 15 is 0 Å². The number of fused-ring (bicyclic) bond motifs is 1. The summed E-state index contributed by atoms with van der Waals surface area (Å²) >= 11 is 0. The number of rotatable bonds is 5. The Balaban J connectivity index is 1.74. The van der Waals surface area contributed by atoms with Crippen LogP contribution < -0.4 is 4.74 Å². The summed E-state index contributed by atoms with van der Waals surface area (Å²) in [6.07, 6.45) is 3.48. The van der Waals surface area contributed by atoms with Crippen LogP contribution in [0.25, 0.3) is 10.9 Å². The Morgan fingerprint density at radius 3 is 2.46 bits per heavy atom. The summed E-state index contributed by atoms with van der Waals surface area (Å²) in [6, 6.07) is 13.0. The van der Waals surface area contributed by atoms with Crippen LogP contribution in [0.1, 0.15) is 22.4 Å². The molecule has 0 spiro atoms. The average Bonchev–Trinajstić information content (AvgIpc) is 2.95. The molecule has 28 heavy (non-hydrogen) atoms. The minimum Gasteiger partial charge on any atom is -0.485 e. The molecule has 0 saturated heterocycles. The summed E-state index contributed by atoms with van der Waals surface area (Å²) in [5, 5.41) is 0.977. The summed E-state index contributed by atoms with van der Waals surface area (Å²) in [4.78, 5) is 4.31. The molecule has 3 nitrogen and oxygen atoms in total. The lowest BCUT2D eigenvalue weighted by molar-refractivity contribution is 0.307. The third-order valence-electron chi connectivity index (χ3n) is 5.10. The summed E-state index contributed by atoms with van der Waals surface area (Å²) in [6.45, 7) is 4.74. The van der Waals surface area contributed by atoms with Gasteiger partial charge in [-0.25, -0.2) is 8.78 Å². The van der Waals surface area contributed by atoms with E-state index in [-0.39, 0.29) is 11.6 Å². The van der Waals surface area contributed by atoms with Gasteiger partial charge >= 0.3 is 0 Å². The first-order valence-electron chi connectivity index (χ1n) is 9.08. The Labute approximate surface area is 162 Å². The second-order valence-corrected chi connectivity index (χ2v) is 6.84. The average molecular weight is 378 g/mol. The molecule has 0 aliphatic carbocycles. The van der Waals surface area contributed by atoms with Gasteiger partial charge in [-0.15, -0.1) is 0 Å². The van der Waals surface area contributed by atoms with Crippen molar-refractivity contribution >= 4 is 10.9 Å². The molecule has 2 heterocycles. The van der Waals surface area contributed by atoms with E-state index in [2.05, 4.69) is 9.55 Å². The van der Waals surface area contributed by atoms with E-state index in [1.165, 1.54) is 18.2 Å². The minimum absolute atomic E-state index is 0.232. The Hall–Kier alpha value is -3.21. The number of pyridine rings is 1. The van der Waals surface area contributed by atoms with Gasteiger partial charge in [0.1, 0.15) is 18.2 Å². The van der Waals surface area contributed by atoms with Crippen LogP contribution in [-0.4, -0.2) is 9.55 Å². The molecule has 0 saturated carbocycles.